The van der Waals surface area contributed by atoms with E-state index in [1.165, 1.54) is 5.57 Å². The van der Waals surface area contributed by atoms with Crippen LogP contribution in [0.2, 0.25) is 0 Å². The Hall–Kier alpha value is -1.56. The molecular formula is C20H28N2O3. The predicted molar refractivity (Wildman–Crippen MR) is 98.3 cm³/mol. The molecule has 5 heteroatoms. The first-order valence-electron chi connectivity index (χ1n) is 9.20. The first-order chi connectivity index (χ1) is 12.2. The second-order valence-electron chi connectivity index (χ2n) is 7.46. The molecule has 3 heterocycles. The van der Waals surface area contributed by atoms with Crippen molar-refractivity contribution in [3.05, 3.63) is 29.3 Å². The third-order valence-electron chi connectivity index (χ3n) is 5.92. The number of hydrogen-bond acceptors (Lipinski definition) is 5. The summed E-state index contributed by atoms with van der Waals surface area (Å²) in [7, 11) is 3.97. The van der Waals surface area contributed by atoms with E-state index in [-0.39, 0.29) is 5.54 Å². The number of methoxy groups -OCH3 is 1. The molecule has 25 heavy (non-hydrogen) atoms. The van der Waals surface area contributed by atoms with Crippen molar-refractivity contribution in [2.24, 2.45) is 0 Å². The molecule has 0 saturated carbocycles. The van der Waals surface area contributed by atoms with Crippen molar-refractivity contribution >= 4 is 6.08 Å². The van der Waals surface area contributed by atoms with Crippen LogP contribution in [0.3, 0.4) is 0 Å². The monoisotopic (exact) mass is 344 g/mol. The fraction of sp³-hybridized carbons (Fsp3) is 0.600. The van der Waals surface area contributed by atoms with Gasteiger partial charge in [-0.1, -0.05) is 0 Å². The Labute approximate surface area is 150 Å². The largest absolute Gasteiger partial charge is 0.497 e. The Kier molecular flexibility index (Phi) is 4.71. The third kappa shape index (κ3) is 3.41. The molecule has 3 aliphatic rings. The van der Waals surface area contributed by atoms with Gasteiger partial charge in [-0.05, 0) is 49.7 Å². The lowest BCUT2D eigenvalue weighted by atomic mass is 9.86. The highest BCUT2D eigenvalue weighted by molar-refractivity contribution is 5.64. The molecular weight excluding hydrogens is 316 g/mol. The summed E-state index contributed by atoms with van der Waals surface area (Å²) in [5, 5.41) is 0. The van der Waals surface area contributed by atoms with Gasteiger partial charge in [-0.3, -0.25) is 9.80 Å². The molecule has 0 radical (unpaired) electrons. The third-order valence-corrected chi connectivity index (χ3v) is 5.92. The SMILES string of the molecule is COc1ccc2c(c1)C=C(CN1CCN(C)C3(CCOCC3)C1)CO2. The fourth-order valence-corrected chi connectivity index (χ4v) is 4.28. The molecule has 1 aromatic rings. The van der Waals surface area contributed by atoms with Crippen molar-refractivity contribution in [2.45, 2.75) is 18.4 Å². The van der Waals surface area contributed by atoms with Crippen LogP contribution >= 0.6 is 0 Å². The second-order valence-corrected chi connectivity index (χ2v) is 7.46. The zero-order chi connectivity index (χ0) is 17.3. The summed E-state index contributed by atoms with van der Waals surface area (Å²) in [5.41, 5.74) is 2.75. The fourth-order valence-electron chi connectivity index (χ4n) is 4.28. The molecule has 0 N–H and O–H groups in total. The molecule has 2 saturated heterocycles. The number of likely N-dealkylation sites (N-methyl/N-ethyl adjacent to an activating group) is 1. The molecule has 0 amide bonds. The molecule has 0 bridgehead atoms. The van der Waals surface area contributed by atoms with Crippen LogP contribution in [0.1, 0.15) is 18.4 Å². The number of benzene rings is 1. The van der Waals surface area contributed by atoms with Gasteiger partial charge in [0.2, 0.25) is 0 Å². The Morgan fingerprint density at radius 2 is 2.04 bits per heavy atom. The standard InChI is InChI=1S/C20H28N2O3/c1-21-7-8-22(15-20(21)5-9-24-10-6-20)13-16-11-17-12-18(23-2)3-4-19(17)25-14-16/h3-4,11-12H,5-10,13-15H2,1-2H3. The molecule has 3 aliphatic heterocycles. The topological polar surface area (TPSA) is 34.2 Å². The number of rotatable bonds is 3. The van der Waals surface area contributed by atoms with Crippen LogP contribution in [0.5, 0.6) is 11.5 Å². The molecule has 1 spiro atoms. The van der Waals surface area contributed by atoms with E-state index in [2.05, 4.69) is 29.0 Å². The highest BCUT2D eigenvalue weighted by atomic mass is 16.5. The van der Waals surface area contributed by atoms with E-state index in [4.69, 9.17) is 14.2 Å². The molecule has 0 unspecified atom stereocenters. The number of fused-ring (bicyclic) bond motifs is 1. The van der Waals surface area contributed by atoms with E-state index < -0.39 is 0 Å². The van der Waals surface area contributed by atoms with Gasteiger partial charge in [0.05, 0.1) is 7.11 Å². The van der Waals surface area contributed by atoms with Crippen molar-refractivity contribution in [1.82, 2.24) is 9.80 Å². The highest BCUT2D eigenvalue weighted by Gasteiger charge is 2.40. The van der Waals surface area contributed by atoms with Crippen LogP contribution in [-0.4, -0.2) is 75.5 Å². The van der Waals surface area contributed by atoms with Crippen molar-refractivity contribution in [2.75, 3.05) is 60.2 Å². The lowest BCUT2D eigenvalue weighted by Gasteiger charge is -2.51. The van der Waals surface area contributed by atoms with E-state index in [0.717, 1.165) is 69.3 Å². The van der Waals surface area contributed by atoms with Crippen LogP contribution in [-0.2, 0) is 4.74 Å². The minimum absolute atomic E-state index is 0.285. The quantitative estimate of drug-likeness (QED) is 0.840. The summed E-state index contributed by atoms with van der Waals surface area (Å²) >= 11 is 0. The van der Waals surface area contributed by atoms with Gasteiger partial charge in [0, 0.05) is 50.5 Å². The van der Waals surface area contributed by atoms with Gasteiger partial charge in [-0.25, -0.2) is 0 Å². The maximum Gasteiger partial charge on any atom is 0.127 e. The van der Waals surface area contributed by atoms with Crippen molar-refractivity contribution < 1.29 is 14.2 Å². The van der Waals surface area contributed by atoms with Crippen molar-refractivity contribution in [1.29, 1.82) is 0 Å². The van der Waals surface area contributed by atoms with E-state index in [0.29, 0.717) is 6.61 Å². The van der Waals surface area contributed by atoms with Gasteiger partial charge in [-0.15, -0.1) is 0 Å². The molecule has 0 aliphatic carbocycles. The minimum Gasteiger partial charge on any atom is -0.497 e. The van der Waals surface area contributed by atoms with Crippen LogP contribution in [0.15, 0.2) is 23.8 Å². The molecule has 136 valence electrons. The summed E-state index contributed by atoms with van der Waals surface area (Å²) in [6, 6.07) is 6.00. The maximum absolute atomic E-state index is 5.95. The van der Waals surface area contributed by atoms with Crippen LogP contribution in [0.25, 0.3) is 6.08 Å². The summed E-state index contributed by atoms with van der Waals surface area (Å²) in [6.07, 6.45) is 4.54. The highest BCUT2D eigenvalue weighted by Crippen LogP contribution is 2.33. The lowest BCUT2D eigenvalue weighted by molar-refractivity contribution is -0.0590. The van der Waals surface area contributed by atoms with Crippen LogP contribution in [0, 0.1) is 0 Å². The number of nitrogens with zero attached hydrogens (tertiary/aromatic N) is 2. The van der Waals surface area contributed by atoms with Gasteiger partial charge >= 0.3 is 0 Å². The average Bonchev–Trinajstić information content (AvgIpc) is 2.65. The van der Waals surface area contributed by atoms with Gasteiger partial charge < -0.3 is 14.2 Å². The van der Waals surface area contributed by atoms with Gasteiger partial charge in [-0.2, -0.15) is 0 Å². The molecule has 1 aromatic carbocycles. The second kappa shape index (κ2) is 6.98. The molecule has 5 nitrogen and oxygen atoms in total. The summed E-state index contributed by atoms with van der Waals surface area (Å²) < 4.78 is 16.9. The van der Waals surface area contributed by atoms with Crippen LogP contribution < -0.4 is 9.47 Å². The summed E-state index contributed by atoms with van der Waals surface area (Å²) in [5.74, 6) is 1.82. The van der Waals surface area contributed by atoms with E-state index in [9.17, 15) is 0 Å². The van der Waals surface area contributed by atoms with E-state index in [1.807, 2.05) is 12.1 Å². The summed E-state index contributed by atoms with van der Waals surface area (Å²) in [6.45, 7) is 6.79. The lowest BCUT2D eigenvalue weighted by Crippen LogP contribution is -2.63. The Balaban J connectivity index is 1.47. The number of ether oxygens (including phenoxy) is 3. The first kappa shape index (κ1) is 16.9. The van der Waals surface area contributed by atoms with E-state index >= 15 is 0 Å². The smallest absolute Gasteiger partial charge is 0.127 e. The van der Waals surface area contributed by atoms with Gasteiger partial charge in [0.25, 0.3) is 0 Å². The predicted octanol–water partition coefficient (Wildman–Crippen LogP) is 2.27. The zero-order valence-electron chi connectivity index (χ0n) is 15.3. The normalized spacial score (nSPS) is 23.7. The molecule has 0 atom stereocenters. The summed E-state index contributed by atoms with van der Waals surface area (Å²) in [4.78, 5) is 5.14. The average molecular weight is 344 g/mol. The Bertz CT molecular complexity index is 652. The zero-order valence-corrected chi connectivity index (χ0v) is 15.3. The minimum atomic E-state index is 0.285. The van der Waals surface area contributed by atoms with Gasteiger partial charge in [0.15, 0.2) is 0 Å². The van der Waals surface area contributed by atoms with Crippen molar-refractivity contribution in [3.63, 3.8) is 0 Å². The number of piperazine rings is 1. The molecule has 4 rings (SSSR count). The maximum atomic E-state index is 5.95. The Morgan fingerprint density at radius 1 is 1.20 bits per heavy atom. The number of hydrogen-bond donors (Lipinski definition) is 0. The molecule has 2 fully saturated rings. The van der Waals surface area contributed by atoms with Gasteiger partial charge in [0.1, 0.15) is 18.1 Å². The Morgan fingerprint density at radius 3 is 2.84 bits per heavy atom. The molecule has 0 aromatic heterocycles. The van der Waals surface area contributed by atoms with E-state index in [1.54, 1.807) is 7.11 Å². The first-order valence-corrected chi connectivity index (χ1v) is 9.20. The van der Waals surface area contributed by atoms with Crippen molar-refractivity contribution in [3.8, 4) is 11.5 Å². The van der Waals surface area contributed by atoms with Crippen LogP contribution in [0.4, 0.5) is 0 Å².